The van der Waals surface area contributed by atoms with Crippen molar-refractivity contribution >= 4 is 22.8 Å². The third-order valence-electron chi connectivity index (χ3n) is 8.14. The molecule has 11 heteroatoms. The van der Waals surface area contributed by atoms with Crippen molar-refractivity contribution in [3.63, 3.8) is 0 Å². The van der Waals surface area contributed by atoms with Gasteiger partial charge in [0.05, 0.1) is 23.8 Å². The van der Waals surface area contributed by atoms with Crippen LogP contribution in [0.2, 0.25) is 0 Å². The summed E-state index contributed by atoms with van der Waals surface area (Å²) in [6, 6.07) is 15.3. The second-order valence-corrected chi connectivity index (χ2v) is 12.3. The second kappa shape index (κ2) is 11.3. The molecule has 1 aromatic heterocycles. The number of benzene rings is 2. The molecule has 10 nitrogen and oxygen atoms in total. The maximum Gasteiger partial charge on any atom is 0.269 e. The molecule has 4 aliphatic rings. The lowest BCUT2D eigenvalue weighted by Crippen LogP contribution is -2.69. The number of methoxy groups -OCH3 is 1. The lowest BCUT2D eigenvalue weighted by molar-refractivity contribution is 0.00164. The molecule has 3 aliphatic heterocycles. The number of nitrogens with one attached hydrogen (secondary N) is 1. The summed E-state index contributed by atoms with van der Waals surface area (Å²) in [7, 11) is 2.38. The quantitative estimate of drug-likeness (QED) is 0.397. The van der Waals surface area contributed by atoms with Crippen LogP contribution in [0.5, 0.6) is 11.5 Å². The fourth-order valence-electron chi connectivity index (χ4n) is 5.84. The minimum atomic E-state index is -0.991. The number of carbonyl (C=O) groups is 2. The summed E-state index contributed by atoms with van der Waals surface area (Å²) in [6.07, 6.45) is 4.97. The molecule has 3 unspecified atom stereocenters. The molecule has 3 saturated heterocycles. The average molecular weight is 578 g/mol. The number of carbonyl (C=O) groups excluding carboxylic acids is 2. The van der Waals surface area contributed by atoms with E-state index in [1.54, 1.807) is 25.1 Å². The van der Waals surface area contributed by atoms with Gasteiger partial charge in [0.15, 0.2) is 11.5 Å². The van der Waals surface area contributed by atoms with Gasteiger partial charge in [0.2, 0.25) is 0 Å². The number of piperidine rings is 1. The summed E-state index contributed by atoms with van der Waals surface area (Å²) < 4.78 is 27.3. The van der Waals surface area contributed by atoms with Gasteiger partial charge in [-0.15, -0.1) is 0 Å². The van der Waals surface area contributed by atoms with Gasteiger partial charge in [0.25, 0.3) is 11.8 Å². The van der Waals surface area contributed by atoms with Crippen LogP contribution in [0, 0.1) is 0 Å². The predicted molar refractivity (Wildman–Crippen MR) is 154 cm³/mol. The van der Waals surface area contributed by atoms with E-state index in [1.807, 2.05) is 57.7 Å². The molecule has 3 aromatic rings. The highest BCUT2D eigenvalue weighted by Gasteiger charge is 2.47. The molecule has 1 aliphatic carbocycles. The van der Waals surface area contributed by atoms with Crippen LogP contribution in [0.25, 0.3) is 0 Å². The number of para-hydroxylation sites is 1. The number of piperazine rings is 1. The molecule has 2 amide bonds. The fraction of sp³-hybridized carbons (Fsp3) is 0.433. The third kappa shape index (κ3) is 5.60. The molecule has 1 saturated carbocycles. The van der Waals surface area contributed by atoms with Crippen molar-refractivity contribution in [2.24, 2.45) is 7.05 Å². The molecule has 0 radical (unpaired) electrons. The standard InChI is InChI=1S/C30H35N5O5S/c1-33-26(14-25(32-33)20-11-12-20)29(36)31-15-22-5-4-6-27(28(22)39-2)40-18-19-7-9-21(10-8-19)30(37)34-16-23-13-24(17-34)35(23)41(3)38/h4-10,14,20,23-24H,11-13,15-18H2,1-3H3,(H,31,36). The number of aryl methyl sites for hydroxylation is 1. The van der Waals surface area contributed by atoms with E-state index >= 15 is 0 Å². The largest absolute Gasteiger partial charge is 0.493 e. The van der Waals surface area contributed by atoms with Crippen LogP contribution in [0.1, 0.15) is 62.8 Å². The number of hydrogen-bond acceptors (Lipinski definition) is 6. The minimum Gasteiger partial charge on any atom is -0.493 e. The molecular weight excluding hydrogens is 542 g/mol. The predicted octanol–water partition coefficient (Wildman–Crippen LogP) is 3.01. The highest BCUT2D eigenvalue weighted by atomic mass is 32.2. The normalized spacial score (nSPS) is 20.7. The van der Waals surface area contributed by atoms with Gasteiger partial charge in [-0.1, -0.05) is 24.3 Å². The number of hydrogen-bond donors (Lipinski definition) is 1. The van der Waals surface area contributed by atoms with Crippen LogP contribution in [0.3, 0.4) is 0 Å². The zero-order chi connectivity index (χ0) is 28.7. The van der Waals surface area contributed by atoms with Crippen LogP contribution in [0.15, 0.2) is 48.5 Å². The zero-order valence-electron chi connectivity index (χ0n) is 23.5. The lowest BCUT2D eigenvalue weighted by Gasteiger charge is -2.54. The Labute approximate surface area is 242 Å². The van der Waals surface area contributed by atoms with Gasteiger partial charge in [-0.2, -0.15) is 5.10 Å². The number of nitrogens with zero attached hydrogens (tertiary/aromatic N) is 4. The molecular formula is C30H35N5O5S. The van der Waals surface area contributed by atoms with E-state index in [9.17, 15) is 13.8 Å². The molecule has 7 rings (SSSR count). The minimum absolute atomic E-state index is 0.00000716. The summed E-state index contributed by atoms with van der Waals surface area (Å²) in [6.45, 7) is 1.80. The third-order valence-corrected chi connectivity index (χ3v) is 9.33. The monoisotopic (exact) mass is 577 g/mol. The van der Waals surface area contributed by atoms with Gasteiger partial charge in [-0.3, -0.25) is 14.3 Å². The maximum atomic E-state index is 13.1. The molecule has 1 N–H and O–H groups in total. The fourth-order valence-corrected chi connectivity index (χ4v) is 6.99. The van der Waals surface area contributed by atoms with E-state index in [-0.39, 0.29) is 30.4 Å². The van der Waals surface area contributed by atoms with Crippen molar-refractivity contribution in [3.05, 3.63) is 76.6 Å². The average Bonchev–Trinajstić information content (AvgIpc) is 3.75. The number of amides is 2. The van der Waals surface area contributed by atoms with Crippen LogP contribution in [-0.2, 0) is 31.2 Å². The Hall–Kier alpha value is -3.70. The number of ether oxygens (including phenoxy) is 2. The Morgan fingerprint density at radius 2 is 1.83 bits per heavy atom. The summed E-state index contributed by atoms with van der Waals surface area (Å²) in [5.41, 5.74) is 3.87. The SMILES string of the molecule is COc1c(CNC(=O)c2cc(C3CC3)nn2C)cccc1OCc1ccc(C(=O)N2CC3CC(C2)N3S(C)=O)cc1. The van der Waals surface area contributed by atoms with E-state index in [0.717, 1.165) is 36.1 Å². The highest BCUT2D eigenvalue weighted by molar-refractivity contribution is 7.81. The summed E-state index contributed by atoms with van der Waals surface area (Å²) in [5, 5.41) is 7.45. The number of fused-ring (bicyclic) bond motifs is 2. The van der Waals surface area contributed by atoms with Gasteiger partial charge in [-0.05, 0) is 49.1 Å². The Bertz CT molecular complexity index is 1470. The summed E-state index contributed by atoms with van der Waals surface area (Å²) >= 11 is 0. The topological polar surface area (TPSA) is 106 Å². The van der Waals surface area contributed by atoms with Gasteiger partial charge in [-0.25, -0.2) is 8.51 Å². The van der Waals surface area contributed by atoms with Crippen LogP contribution < -0.4 is 14.8 Å². The molecule has 41 heavy (non-hydrogen) atoms. The summed E-state index contributed by atoms with van der Waals surface area (Å²) in [5.74, 6) is 1.43. The van der Waals surface area contributed by atoms with Gasteiger partial charge in [0.1, 0.15) is 12.3 Å². The van der Waals surface area contributed by atoms with Gasteiger partial charge in [0, 0.05) is 62.1 Å². The van der Waals surface area contributed by atoms with Crippen molar-refractivity contribution in [2.75, 3.05) is 26.5 Å². The Kier molecular flexibility index (Phi) is 7.56. The van der Waals surface area contributed by atoms with E-state index in [1.165, 1.54) is 0 Å². The Balaban J connectivity index is 1.05. The first-order valence-corrected chi connectivity index (χ1v) is 15.4. The van der Waals surface area contributed by atoms with E-state index in [0.29, 0.717) is 48.4 Å². The van der Waals surface area contributed by atoms with Gasteiger partial charge < -0.3 is 19.7 Å². The van der Waals surface area contributed by atoms with Gasteiger partial charge >= 0.3 is 0 Å². The molecule has 2 aromatic carbocycles. The maximum absolute atomic E-state index is 13.1. The first-order chi connectivity index (χ1) is 19.8. The molecule has 4 heterocycles. The second-order valence-electron chi connectivity index (χ2n) is 11.0. The molecule has 3 atom stereocenters. The van der Waals surface area contributed by atoms with Crippen molar-refractivity contribution in [2.45, 2.75) is 50.4 Å². The van der Waals surface area contributed by atoms with Crippen molar-refractivity contribution in [1.82, 2.24) is 24.3 Å². The lowest BCUT2D eigenvalue weighted by atomic mass is 9.90. The van der Waals surface area contributed by atoms with Crippen molar-refractivity contribution in [3.8, 4) is 11.5 Å². The molecule has 216 valence electrons. The summed E-state index contributed by atoms with van der Waals surface area (Å²) in [4.78, 5) is 27.8. The van der Waals surface area contributed by atoms with Crippen LogP contribution in [-0.4, -0.2) is 73.5 Å². The smallest absolute Gasteiger partial charge is 0.269 e. The van der Waals surface area contributed by atoms with Crippen LogP contribution in [0.4, 0.5) is 0 Å². The first kappa shape index (κ1) is 27.5. The molecule has 4 fully saturated rings. The van der Waals surface area contributed by atoms with Crippen molar-refractivity contribution in [1.29, 1.82) is 0 Å². The number of aromatic nitrogens is 2. The molecule has 0 spiro atoms. The molecule has 2 bridgehead atoms. The van der Waals surface area contributed by atoms with E-state index < -0.39 is 11.0 Å². The highest BCUT2D eigenvalue weighted by Crippen LogP contribution is 2.39. The van der Waals surface area contributed by atoms with Crippen molar-refractivity contribution < 1.29 is 23.3 Å². The number of rotatable bonds is 10. The van der Waals surface area contributed by atoms with Crippen LogP contribution >= 0.6 is 0 Å². The zero-order valence-corrected chi connectivity index (χ0v) is 24.4. The van der Waals surface area contributed by atoms with E-state index in [2.05, 4.69) is 10.4 Å². The Morgan fingerprint density at radius 3 is 2.49 bits per heavy atom. The Morgan fingerprint density at radius 1 is 1.10 bits per heavy atom. The first-order valence-electron chi connectivity index (χ1n) is 13.9. The van der Waals surface area contributed by atoms with E-state index in [4.69, 9.17) is 9.47 Å².